The molecular weight excluding hydrogens is 500 g/mol. The van der Waals surface area contributed by atoms with Crippen molar-refractivity contribution >= 4 is 11.6 Å². The zero-order valence-electron chi connectivity index (χ0n) is 25.7. The molecule has 1 amide bonds. The number of allylic oxidation sites excluding steroid dienone is 5. The topological polar surface area (TPSA) is 32.3 Å². The summed E-state index contributed by atoms with van der Waals surface area (Å²) in [6.45, 7) is 13.7. The number of aryl methyl sites for hydroxylation is 3. The number of anilines is 1. The van der Waals surface area contributed by atoms with Crippen molar-refractivity contribution in [2.75, 3.05) is 18.0 Å². The van der Waals surface area contributed by atoms with Gasteiger partial charge in [0, 0.05) is 25.3 Å². The van der Waals surface area contributed by atoms with Gasteiger partial charge in [-0.05, 0) is 73.9 Å². The predicted molar refractivity (Wildman–Crippen MR) is 177 cm³/mol. The fourth-order valence-corrected chi connectivity index (χ4v) is 5.23. The van der Waals surface area contributed by atoms with E-state index in [1.807, 2.05) is 48.6 Å². The molecule has 0 saturated carbocycles. The van der Waals surface area contributed by atoms with Crippen LogP contribution in [-0.2, 0) is 17.8 Å². The highest BCUT2D eigenvalue weighted by Crippen LogP contribution is 2.29. The molecule has 3 nitrogen and oxygen atoms in total. The molecule has 0 fully saturated rings. The summed E-state index contributed by atoms with van der Waals surface area (Å²) in [7, 11) is 0. The Morgan fingerprint density at radius 3 is 2.32 bits per heavy atom. The standard InChI is InChI=1S/C20H27N.C18H21NO/c1-5-9-18-10-7-8-11-20(18)21(6-2)15-19-13-12-16(3)14-17(19)4;1-2-14-19-18(20)17(16-12-8-5-9-13-16)15-10-6-3-4-7-11-15/h7-8,10-14H,5-6,9,15H2,1-4H3;3-10,12-13,17H,2,11,14H2,1H3,(H,19,20). The van der Waals surface area contributed by atoms with Gasteiger partial charge in [-0.3, -0.25) is 4.79 Å². The number of nitrogens with zero attached hydrogens (tertiary/aromatic N) is 1. The second kappa shape index (κ2) is 17.1. The Morgan fingerprint density at radius 2 is 1.61 bits per heavy atom. The van der Waals surface area contributed by atoms with E-state index in [0.717, 1.165) is 50.0 Å². The zero-order valence-corrected chi connectivity index (χ0v) is 25.7. The van der Waals surface area contributed by atoms with Crippen LogP contribution in [0.1, 0.15) is 73.8 Å². The van der Waals surface area contributed by atoms with Gasteiger partial charge in [-0.2, -0.15) is 0 Å². The van der Waals surface area contributed by atoms with E-state index < -0.39 is 0 Å². The van der Waals surface area contributed by atoms with Crippen LogP contribution >= 0.6 is 0 Å². The highest BCUT2D eigenvalue weighted by molar-refractivity contribution is 5.87. The van der Waals surface area contributed by atoms with Gasteiger partial charge in [-0.15, -0.1) is 0 Å². The highest BCUT2D eigenvalue weighted by Gasteiger charge is 2.23. The number of carbonyl (C=O) groups is 1. The van der Waals surface area contributed by atoms with Crippen molar-refractivity contribution < 1.29 is 4.79 Å². The quantitative estimate of drug-likeness (QED) is 0.259. The largest absolute Gasteiger partial charge is 0.367 e. The van der Waals surface area contributed by atoms with Gasteiger partial charge in [0.05, 0.1) is 5.92 Å². The first-order valence-electron chi connectivity index (χ1n) is 15.2. The van der Waals surface area contributed by atoms with E-state index in [0.29, 0.717) is 0 Å². The zero-order chi connectivity index (χ0) is 29.5. The molecule has 1 atom stereocenters. The van der Waals surface area contributed by atoms with Gasteiger partial charge in [0.25, 0.3) is 0 Å². The second-order valence-electron chi connectivity index (χ2n) is 10.7. The highest BCUT2D eigenvalue weighted by atomic mass is 16.1. The number of rotatable bonds is 11. The molecule has 0 aliphatic heterocycles. The predicted octanol–water partition coefficient (Wildman–Crippen LogP) is 9.02. The molecule has 4 rings (SSSR count). The van der Waals surface area contributed by atoms with Gasteiger partial charge in [0.15, 0.2) is 0 Å². The number of hydrogen-bond acceptors (Lipinski definition) is 2. The average Bonchev–Trinajstić information content (AvgIpc) is 3.27. The first-order valence-corrected chi connectivity index (χ1v) is 15.2. The molecule has 0 heterocycles. The van der Waals surface area contributed by atoms with E-state index in [4.69, 9.17) is 0 Å². The number of hydrogen-bond donors (Lipinski definition) is 1. The summed E-state index contributed by atoms with van der Waals surface area (Å²) in [6.07, 6.45) is 14.3. The molecule has 0 spiro atoms. The van der Waals surface area contributed by atoms with Crippen LogP contribution in [0.4, 0.5) is 5.69 Å². The minimum atomic E-state index is -0.199. The molecule has 41 heavy (non-hydrogen) atoms. The van der Waals surface area contributed by atoms with E-state index >= 15 is 0 Å². The van der Waals surface area contributed by atoms with Crippen molar-refractivity contribution in [1.82, 2.24) is 5.32 Å². The molecule has 0 bridgehead atoms. The summed E-state index contributed by atoms with van der Waals surface area (Å²) in [5.41, 5.74) is 9.19. The van der Waals surface area contributed by atoms with Gasteiger partial charge in [-0.1, -0.05) is 123 Å². The summed E-state index contributed by atoms with van der Waals surface area (Å²) >= 11 is 0. The molecule has 3 aromatic rings. The monoisotopic (exact) mass is 548 g/mol. The Labute approximate surface area is 248 Å². The van der Waals surface area contributed by atoms with Crippen molar-refractivity contribution in [1.29, 1.82) is 0 Å². The van der Waals surface area contributed by atoms with E-state index in [9.17, 15) is 4.79 Å². The lowest BCUT2D eigenvalue weighted by Gasteiger charge is -2.26. The maximum absolute atomic E-state index is 12.5. The van der Waals surface area contributed by atoms with Crippen LogP contribution in [0.2, 0.25) is 0 Å². The average molecular weight is 549 g/mol. The normalized spacial score (nSPS) is 13.0. The van der Waals surface area contributed by atoms with Crippen LogP contribution in [0.5, 0.6) is 0 Å². The maximum Gasteiger partial charge on any atom is 0.231 e. The Morgan fingerprint density at radius 1 is 0.854 bits per heavy atom. The molecule has 0 aromatic heterocycles. The van der Waals surface area contributed by atoms with Crippen LogP contribution in [0.15, 0.2) is 109 Å². The summed E-state index contributed by atoms with van der Waals surface area (Å²) in [4.78, 5) is 15.0. The fraction of sp³-hybridized carbons (Fsp3) is 0.342. The number of nitrogens with one attached hydrogen (secondary N) is 1. The molecular formula is C38H48N2O. The molecule has 1 unspecified atom stereocenters. The molecule has 3 heteroatoms. The van der Waals surface area contributed by atoms with Crippen LogP contribution in [0.25, 0.3) is 0 Å². The molecule has 1 N–H and O–H groups in total. The van der Waals surface area contributed by atoms with Gasteiger partial charge in [0.2, 0.25) is 5.91 Å². The maximum atomic E-state index is 12.5. The Bertz CT molecular complexity index is 1320. The van der Waals surface area contributed by atoms with Crippen molar-refractivity contribution in [2.24, 2.45) is 0 Å². The molecule has 1 aliphatic carbocycles. The Hall–Kier alpha value is -3.85. The number of amides is 1. The van der Waals surface area contributed by atoms with Gasteiger partial charge in [-0.25, -0.2) is 0 Å². The third-order valence-corrected chi connectivity index (χ3v) is 7.43. The van der Waals surface area contributed by atoms with Crippen molar-refractivity contribution in [3.05, 3.63) is 137 Å². The minimum absolute atomic E-state index is 0.0907. The van der Waals surface area contributed by atoms with E-state index in [-0.39, 0.29) is 11.8 Å². The van der Waals surface area contributed by atoms with E-state index in [1.54, 1.807) is 0 Å². The van der Waals surface area contributed by atoms with Crippen molar-refractivity contribution in [3.8, 4) is 0 Å². The van der Waals surface area contributed by atoms with Gasteiger partial charge < -0.3 is 10.2 Å². The lowest BCUT2D eigenvalue weighted by molar-refractivity contribution is -0.121. The van der Waals surface area contributed by atoms with Crippen LogP contribution in [0.3, 0.4) is 0 Å². The smallest absolute Gasteiger partial charge is 0.231 e. The summed E-state index contributed by atoms with van der Waals surface area (Å²) in [5.74, 6) is -0.108. The van der Waals surface area contributed by atoms with Crippen molar-refractivity contribution in [3.63, 3.8) is 0 Å². The lowest BCUT2D eigenvalue weighted by atomic mass is 9.88. The van der Waals surface area contributed by atoms with Crippen LogP contribution in [-0.4, -0.2) is 19.0 Å². The van der Waals surface area contributed by atoms with Crippen molar-refractivity contribution in [2.45, 2.75) is 72.8 Å². The number of para-hydroxylation sites is 1. The second-order valence-corrected chi connectivity index (χ2v) is 10.7. The molecule has 0 saturated heterocycles. The molecule has 216 valence electrons. The van der Waals surface area contributed by atoms with E-state index in [1.165, 1.54) is 34.4 Å². The molecule has 0 radical (unpaired) electrons. The Balaban J connectivity index is 0.000000226. The van der Waals surface area contributed by atoms with Gasteiger partial charge in [0.1, 0.15) is 0 Å². The van der Waals surface area contributed by atoms with Crippen LogP contribution in [0, 0.1) is 13.8 Å². The lowest BCUT2D eigenvalue weighted by Crippen LogP contribution is -2.31. The molecule has 1 aliphatic rings. The molecule has 3 aromatic carbocycles. The fourth-order valence-electron chi connectivity index (χ4n) is 5.23. The minimum Gasteiger partial charge on any atom is -0.367 e. The van der Waals surface area contributed by atoms with Gasteiger partial charge >= 0.3 is 0 Å². The summed E-state index contributed by atoms with van der Waals surface area (Å²) < 4.78 is 0. The third-order valence-electron chi connectivity index (χ3n) is 7.43. The van der Waals surface area contributed by atoms with E-state index in [2.05, 4.69) is 99.5 Å². The summed E-state index contributed by atoms with van der Waals surface area (Å²) in [5, 5.41) is 3.02. The number of carbonyl (C=O) groups excluding carboxylic acids is 1. The van der Waals surface area contributed by atoms with Crippen LogP contribution < -0.4 is 10.2 Å². The third kappa shape index (κ3) is 9.63. The SMILES string of the molecule is CCCNC(=O)C(C1=CC=CC=CC1)c1ccccc1.CCCc1ccccc1N(CC)Cc1ccc(C)cc1C. The number of benzene rings is 3. The first-order chi connectivity index (χ1) is 20.0. The Kier molecular flexibility index (Phi) is 13.2. The first kappa shape index (κ1) is 31.7. The summed E-state index contributed by atoms with van der Waals surface area (Å²) in [6, 6.07) is 25.6.